The van der Waals surface area contributed by atoms with E-state index >= 15 is 0 Å². The van der Waals surface area contributed by atoms with E-state index in [1.54, 1.807) is 17.8 Å². The molecule has 1 aromatic carbocycles. The average molecular weight is 388 g/mol. The first-order chi connectivity index (χ1) is 12.5. The van der Waals surface area contributed by atoms with Crippen molar-refractivity contribution in [3.05, 3.63) is 64.4 Å². The monoisotopic (exact) mass is 388 g/mol. The minimum Gasteiger partial charge on any atom is -0.408 e. The van der Waals surface area contributed by atoms with Crippen LogP contribution in [0.15, 0.2) is 62.2 Å². The van der Waals surface area contributed by atoms with Crippen molar-refractivity contribution < 1.29 is 12.8 Å². The van der Waals surface area contributed by atoms with Crippen molar-refractivity contribution in [1.29, 1.82) is 0 Å². The highest BCUT2D eigenvalue weighted by Crippen LogP contribution is 2.23. The van der Waals surface area contributed by atoms with E-state index in [0.29, 0.717) is 11.2 Å². The number of nitrogens with one attached hydrogen (secondary N) is 2. The van der Waals surface area contributed by atoms with Crippen molar-refractivity contribution in [3.63, 3.8) is 0 Å². The van der Waals surface area contributed by atoms with Gasteiger partial charge < -0.3 is 4.42 Å². The lowest BCUT2D eigenvalue weighted by atomic mass is 10.3. The van der Waals surface area contributed by atoms with Crippen LogP contribution in [-0.2, 0) is 16.6 Å². The summed E-state index contributed by atoms with van der Waals surface area (Å²) in [4.78, 5) is 22.1. The van der Waals surface area contributed by atoms with Gasteiger partial charge in [-0.25, -0.2) is 22.9 Å². The summed E-state index contributed by atoms with van der Waals surface area (Å²) in [7, 11) is -3.77. The van der Waals surface area contributed by atoms with Crippen molar-refractivity contribution in [1.82, 2.24) is 19.7 Å². The summed E-state index contributed by atoms with van der Waals surface area (Å²) in [5.41, 5.74) is 2.10. The van der Waals surface area contributed by atoms with Crippen LogP contribution in [0.1, 0.15) is 5.69 Å². The molecule has 10 heteroatoms. The molecule has 132 valence electrons. The summed E-state index contributed by atoms with van der Waals surface area (Å²) in [6, 6.07) is 7.89. The van der Waals surface area contributed by atoms with Crippen molar-refractivity contribution in [2.24, 2.45) is 0 Å². The number of aromatic nitrogens is 3. The molecule has 8 nitrogen and oxygen atoms in total. The van der Waals surface area contributed by atoms with E-state index in [1.165, 1.54) is 29.5 Å². The largest absolute Gasteiger partial charge is 0.417 e. The maximum Gasteiger partial charge on any atom is 0.417 e. The molecule has 4 rings (SSSR count). The van der Waals surface area contributed by atoms with E-state index in [1.807, 2.05) is 12.1 Å². The number of sulfonamides is 1. The first kappa shape index (κ1) is 16.6. The molecule has 0 saturated carbocycles. The van der Waals surface area contributed by atoms with Gasteiger partial charge in [-0.15, -0.1) is 11.3 Å². The van der Waals surface area contributed by atoms with Crippen LogP contribution < -0.4 is 10.5 Å². The zero-order valence-electron chi connectivity index (χ0n) is 13.2. The normalized spacial score (nSPS) is 11.8. The molecule has 0 unspecified atom stereocenters. The fraction of sp³-hybridized carbons (Fsp3) is 0.0625. The van der Waals surface area contributed by atoms with Crippen molar-refractivity contribution >= 4 is 32.5 Å². The smallest absolute Gasteiger partial charge is 0.408 e. The fourth-order valence-electron chi connectivity index (χ4n) is 2.36. The molecule has 0 aliphatic carbocycles. The molecule has 26 heavy (non-hydrogen) atoms. The molecule has 0 atom stereocenters. The van der Waals surface area contributed by atoms with Gasteiger partial charge in [0.15, 0.2) is 5.58 Å². The predicted octanol–water partition coefficient (Wildman–Crippen LogP) is 2.12. The Morgan fingerprint density at radius 1 is 1.27 bits per heavy atom. The summed E-state index contributed by atoms with van der Waals surface area (Å²) in [5, 5.41) is 2.56. The Morgan fingerprint density at radius 3 is 2.96 bits per heavy atom. The molecular formula is C16H12N4O4S2. The van der Waals surface area contributed by atoms with Gasteiger partial charge in [0.25, 0.3) is 0 Å². The molecule has 0 aliphatic rings. The van der Waals surface area contributed by atoms with Crippen LogP contribution in [0.5, 0.6) is 0 Å². The first-order valence-electron chi connectivity index (χ1n) is 7.49. The number of H-pyrrole nitrogens is 1. The Bertz CT molecular complexity index is 1230. The molecule has 0 radical (unpaired) electrons. The van der Waals surface area contributed by atoms with E-state index < -0.39 is 15.8 Å². The lowest BCUT2D eigenvalue weighted by Crippen LogP contribution is -2.23. The van der Waals surface area contributed by atoms with E-state index in [2.05, 4.69) is 19.7 Å². The summed E-state index contributed by atoms with van der Waals surface area (Å²) >= 11 is 1.41. The maximum atomic E-state index is 12.5. The average Bonchev–Trinajstić information content (AvgIpc) is 3.25. The van der Waals surface area contributed by atoms with Crippen LogP contribution in [0.4, 0.5) is 0 Å². The number of hydrogen-bond donors (Lipinski definition) is 2. The summed E-state index contributed by atoms with van der Waals surface area (Å²) in [6.07, 6.45) is 3.38. The molecule has 0 amide bonds. The standard InChI is InChI=1S/C16H12N4O4S2/c21-16-20-13-4-3-12(6-14(13)24-16)26(22,23)18-8-11-9-25-15(19-11)10-2-1-5-17-7-10/h1-7,9,18H,8H2,(H,20,21). The van der Waals surface area contributed by atoms with Gasteiger partial charge in [0.05, 0.1) is 22.7 Å². The van der Waals surface area contributed by atoms with E-state index in [0.717, 1.165) is 10.6 Å². The number of hydrogen-bond acceptors (Lipinski definition) is 7. The molecule has 0 spiro atoms. The Kier molecular flexibility index (Phi) is 4.15. The molecular weight excluding hydrogens is 376 g/mol. The Labute approximate surface area is 151 Å². The van der Waals surface area contributed by atoms with Crippen LogP contribution in [0, 0.1) is 0 Å². The van der Waals surface area contributed by atoms with E-state index in [4.69, 9.17) is 4.42 Å². The SMILES string of the molecule is O=c1[nH]c2ccc(S(=O)(=O)NCc3csc(-c4cccnc4)n3)cc2o1. The third kappa shape index (κ3) is 3.29. The second-order valence-corrected chi connectivity index (χ2v) is 8.01. The lowest BCUT2D eigenvalue weighted by molar-refractivity contribution is 0.553. The molecule has 0 aliphatic heterocycles. The van der Waals surface area contributed by atoms with Gasteiger partial charge in [0, 0.05) is 29.4 Å². The van der Waals surface area contributed by atoms with Gasteiger partial charge in [0.1, 0.15) is 5.01 Å². The zero-order valence-corrected chi connectivity index (χ0v) is 14.8. The molecule has 3 aromatic heterocycles. The Balaban J connectivity index is 1.52. The number of rotatable bonds is 5. The topological polar surface area (TPSA) is 118 Å². The number of oxazole rings is 1. The number of aromatic amines is 1. The Hall–Kier alpha value is -2.82. The number of thiazole rings is 1. The first-order valence-corrected chi connectivity index (χ1v) is 9.85. The second kappa shape index (κ2) is 6.48. The van der Waals surface area contributed by atoms with Crippen LogP contribution in [0.3, 0.4) is 0 Å². The molecule has 0 fully saturated rings. The van der Waals surface area contributed by atoms with Crippen LogP contribution in [0.2, 0.25) is 0 Å². The number of fused-ring (bicyclic) bond motifs is 1. The van der Waals surface area contributed by atoms with Crippen LogP contribution in [0.25, 0.3) is 21.7 Å². The molecule has 4 aromatic rings. The zero-order chi connectivity index (χ0) is 18.1. The van der Waals surface area contributed by atoms with E-state index in [9.17, 15) is 13.2 Å². The lowest BCUT2D eigenvalue weighted by Gasteiger charge is -2.05. The second-order valence-electron chi connectivity index (χ2n) is 5.38. The van der Waals surface area contributed by atoms with Gasteiger partial charge in [-0.1, -0.05) is 0 Å². The number of benzene rings is 1. The molecule has 0 saturated heterocycles. The minimum atomic E-state index is -3.77. The molecule has 2 N–H and O–H groups in total. The third-order valence-corrected chi connectivity index (χ3v) is 5.95. The van der Waals surface area contributed by atoms with Crippen LogP contribution >= 0.6 is 11.3 Å². The molecule has 0 bridgehead atoms. The van der Waals surface area contributed by atoms with Gasteiger partial charge in [0.2, 0.25) is 10.0 Å². The number of nitrogens with zero attached hydrogens (tertiary/aromatic N) is 2. The van der Waals surface area contributed by atoms with Crippen molar-refractivity contribution in [2.45, 2.75) is 11.4 Å². The quantitative estimate of drug-likeness (QED) is 0.541. The number of pyridine rings is 1. The maximum absolute atomic E-state index is 12.5. The van der Waals surface area contributed by atoms with Gasteiger partial charge >= 0.3 is 5.76 Å². The minimum absolute atomic E-state index is 0.00969. The summed E-state index contributed by atoms with van der Waals surface area (Å²) < 4.78 is 32.3. The van der Waals surface area contributed by atoms with Crippen molar-refractivity contribution in [3.8, 4) is 10.6 Å². The summed E-state index contributed by atoms with van der Waals surface area (Å²) in [5.74, 6) is -0.632. The van der Waals surface area contributed by atoms with E-state index in [-0.39, 0.29) is 17.0 Å². The highest BCUT2D eigenvalue weighted by atomic mass is 32.2. The Morgan fingerprint density at radius 2 is 2.15 bits per heavy atom. The van der Waals surface area contributed by atoms with Crippen LogP contribution in [-0.4, -0.2) is 23.4 Å². The predicted molar refractivity (Wildman–Crippen MR) is 96.2 cm³/mol. The van der Waals surface area contributed by atoms with Gasteiger partial charge in [-0.05, 0) is 24.3 Å². The molecule has 3 heterocycles. The highest BCUT2D eigenvalue weighted by molar-refractivity contribution is 7.89. The summed E-state index contributed by atoms with van der Waals surface area (Å²) in [6.45, 7) is 0.0498. The fourth-order valence-corrected chi connectivity index (χ4v) is 4.18. The third-order valence-electron chi connectivity index (χ3n) is 3.61. The van der Waals surface area contributed by atoms with Crippen molar-refractivity contribution in [2.75, 3.05) is 0 Å². The van der Waals surface area contributed by atoms with Gasteiger partial charge in [-0.2, -0.15) is 0 Å². The van der Waals surface area contributed by atoms with Gasteiger partial charge in [-0.3, -0.25) is 9.97 Å². The highest BCUT2D eigenvalue weighted by Gasteiger charge is 2.16.